The molecule has 0 aromatic heterocycles. The van der Waals surface area contributed by atoms with E-state index < -0.39 is 0 Å². The Labute approximate surface area is 136 Å². The van der Waals surface area contributed by atoms with Gasteiger partial charge in [-0.25, -0.2) is 0 Å². The van der Waals surface area contributed by atoms with E-state index in [2.05, 4.69) is 36.5 Å². The molecule has 0 bridgehead atoms. The number of benzene rings is 2. The van der Waals surface area contributed by atoms with E-state index in [4.69, 9.17) is 27.9 Å². The van der Waals surface area contributed by atoms with Gasteiger partial charge in [-0.1, -0.05) is 40.9 Å². The SMILES string of the molecule is Cc1ccc(NCCCCOc2ccc(Cl)cc2Cl)cc1. The summed E-state index contributed by atoms with van der Waals surface area (Å²) in [7, 11) is 0. The van der Waals surface area contributed by atoms with Gasteiger partial charge in [-0.3, -0.25) is 0 Å². The minimum Gasteiger partial charge on any atom is -0.492 e. The normalized spacial score (nSPS) is 10.4. The lowest BCUT2D eigenvalue weighted by Crippen LogP contribution is -2.05. The lowest BCUT2D eigenvalue weighted by atomic mass is 10.2. The first kappa shape index (κ1) is 16.0. The zero-order valence-corrected chi connectivity index (χ0v) is 13.5. The smallest absolute Gasteiger partial charge is 0.137 e. The molecule has 0 heterocycles. The zero-order chi connectivity index (χ0) is 15.1. The maximum Gasteiger partial charge on any atom is 0.137 e. The Kier molecular flexibility index (Phi) is 6.21. The van der Waals surface area contributed by atoms with Crippen molar-refractivity contribution in [1.82, 2.24) is 0 Å². The molecule has 0 fully saturated rings. The average Bonchev–Trinajstić information content (AvgIpc) is 2.46. The maximum absolute atomic E-state index is 6.04. The second-order valence-electron chi connectivity index (χ2n) is 4.92. The van der Waals surface area contributed by atoms with Gasteiger partial charge in [0, 0.05) is 17.3 Å². The number of aryl methyl sites for hydroxylation is 1. The zero-order valence-electron chi connectivity index (χ0n) is 12.0. The monoisotopic (exact) mass is 323 g/mol. The first-order valence-electron chi connectivity index (χ1n) is 7.03. The van der Waals surface area contributed by atoms with Crippen LogP contribution in [0, 0.1) is 6.92 Å². The summed E-state index contributed by atoms with van der Waals surface area (Å²) in [5.41, 5.74) is 2.43. The van der Waals surface area contributed by atoms with Gasteiger partial charge in [-0.2, -0.15) is 0 Å². The summed E-state index contributed by atoms with van der Waals surface area (Å²) in [6.07, 6.45) is 2.01. The first-order chi connectivity index (χ1) is 10.1. The van der Waals surface area contributed by atoms with E-state index in [0.29, 0.717) is 22.4 Å². The molecule has 2 aromatic rings. The Morgan fingerprint density at radius 2 is 1.76 bits per heavy atom. The van der Waals surface area contributed by atoms with Crippen molar-refractivity contribution in [2.24, 2.45) is 0 Å². The molecule has 0 spiro atoms. The quantitative estimate of drug-likeness (QED) is 0.672. The molecule has 2 nitrogen and oxygen atoms in total. The van der Waals surface area contributed by atoms with Crippen LogP contribution in [-0.4, -0.2) is 13.2 Å². The molecule has 0 saturated carbocycles. The van der Waals surface area contributed by atoms with Gasteiger partial charge < -0.3 is 10.1 Å². The molecule has 0 unspecified atom stereocenters. The van der Waals surface area contributed by atoms with Crippen molar-refractivity contribution in [2.75, 3.05) is 18.5 Å². The van der Waals surface area contributed by atoms with E-state index in [1.54, 1.807) is 18.2 Å². The largest absolute Gasteiger partial charge is 0.492 e. The highest BCUT2D eigenvalue weighted by Crippen LogP contribution is 2.27. The second kappa shape index (κ2) is 8.16. The van der Waals surface area contributed by atoms with Gasteiger partial charge in [0.1, 0.15) is 5.75 Å². The highest BCUT2D eigenvalue weighted by Gasteiger charge is 2.01. The Hall–Kier alpha value is -1.38. The number of nitrogens with one attached hydrogen (secondary N) is 1. The van der Waals surface area contributed by atoms with Gasteiger partial charge >= 0.3 is 0 Å². The van der Waals surface area contributed by atoms with Crippen LogP contribution in [0.15, 0.2) is 42.5 Å². The van der Waals surface area contributed by atoms with Crippen molar-refractivity contribution in [3.63, 3.8) is 0 Å². The highest BCUT2D eigenvalue weighted by molar-refractivity contribution is 6.35. The summed E-state index contributed by atoms with van der Waals surface area (Å²) in [5, 5.41) is 4.57. The number of hydrogen-bond donors (Lipinski definition) is 1. The van der Waals surface area contributed by atoms with Gasteiger partial charge in [0.05, 0.1) is 11.6 Å². The Morgan fingerprint density at radius 1 is 1.00 bits per heavy atom. The standard InChI is InChI=1S/C17H19Cl2NO/c1-13-4-7-15(8-5-13)20-10-2-3-11-21-17-9-6-14(18)12-16(17)19/h4-9,12,20H,2-3,10-11H2,1H3. The van der Waals surface area contributed by atoms with Gasteiger partial charge in [0.15, 0.2) is 0 Å². The van der Waals surface area contributed by atoms with Crippen LogP contribution >= 0.6 is 23.2 Å². The lowest BCUT2D eigenvalue weighted by Gasteiger charge is -2.09. The van der Waals surface area contributed by atoms with E-state index in [1.165, 1.54) is 5.56 Å². The first-order valence-corrected chi connectivity index (χ1v) is 7.79. The van der Waals surface area contributed by atoms with E-state index in [-0.39, 0.29) is 0 Å². The number of hydrogen-bond acceptors (Lipinski definition) is 2. The third-order valence-corrected chi connectivity index (χ3v) is 3.63. The van der Waals surface area contributed by atoms with Crippen LogP contribution in [0.25, 0.3) is 0 Å². The van der Waals surface area contributed by atoms with Crippen LogP contribution in [0.1, 0.15) is 18.4 Å². The maximum atomic E-state index is 6.04. The average molecular weight is 324 g/mol. The van der Waals surface area contributed by atoms with Crippen LogP contribution in [0.4, 0.5) is 5.69 Å². The fourth-order valence-corrected chi connectivity index (χ4v) is 2.37. The van der Waals surface area contributed by atoms with Gasteiger partial charge in [0.25, 0.3) is 0 Å². The van der Waals surface area contributed by atoms with E-state index >= 15 is 0 Å². The summed E-state index contributed by atoms with van der Waals surface area (Å²) in [5.74, 6) is 0.688. The molecule has 21 heavy (non-hydrogen) atoms. The topological polar surface area (TPSA) is 21.3 Å². The van der Waals surface area contributed by atoms with E-state index in [9.17, 15) is 0 Å². The van der Waals surface area contributed by atoms with Gasteiger partial charge in [-0.15, -0.1) is 0 Å². The third-order valence-electron chi connectivity index (χ3n) is 3.10. The number of rotatable bonds is 7. The molecule has 2 aromatic carbocycles. The van der Waals surface area contributed by atoms with Crippen LogP contribution in [0.2, 0.25) is 10.0 Å². The van der Waals surface area contributed by atoms with Crippen molar-refractivity contribution < 1.29 is 4.74 Å². The number of unbranched alkanes of at least 4 members (excludes halogenated alkanes) is 1. The number of anilines is 1. The third kappa shape index (κ3) is 5.49. The number of halogens is 2. The molecular formula is C17H19Cl2NO. The Balaban J connectivity index is 1.63. The molecule has 2 rings (SSSR count). The van der Waals surface area contributed by atoms with Crippen molar-refractivity contribution in [3.05, 3.63) is 58.1 Å². The molecule has 0 aliphatic carbocycles. The van der Waals surface area contributed by atoms with Crippen molar-refractivity contribution in [2.45, 2.75) is 19.8 Å². The number of ether oxygens (including phenoxy) is 1. The molecule has 0 aliphatic heterocycles. The van der Waals surface area contributed by atoms with Crippen molar-refractivity contribution in [1.29, 1.82) is 0 Å². The molecule has 0 radical (unpaired) electrons. The molecule has 0 amide bonds. The summed E-state index contributed by atoms with van der Waals surface area (Å²) >= 11 is 11.9. The molecule has 0 aliphatic rings. The fraction of sp³-hybridized carbons (Fsp3) is 0.294. The van der Waals surface area contributed by atoms with Crippen LogP contribution in [0.3, 0.4) is 0 Å². The van der Waals surface area contributed by atoms with Crippen LogP contribution < -0.4 is 10.1 Å². The van der Waals surface area contributed by atoms with Crippen LogP contribution in [0.5, 0.6) is 5.75 Å². The summed E-state index contributed by atoms with van der Waals surface area (Å²) in [4.78, 5) is 0. The van der Waals surface area contributed by atoms with Gasteiger partial charge in [0.2, 0.25) is 0 Å². The highest BCUT2D eigenvalue weighted by atomic mass is 35.5. The van der Waals surface area contributed by atoms with Crippen molar-refractivity contribution in [3.8, 4) is 5.75 Å². The molecule has 0 atom stereocenters. The van der Waals surface area contributed by atoms with Crippen LogP contribution in [-0.2, 0) is 0 Å². The van der Waals surface area contributed by atoms with E-state index in [1.807, 2.05) is 0 Å². The minimum atomic E-state index is 0.556. The predicted octanol–water partition coefficient (Wildman–Crippen LogP) is 5.57. The molecule has 0 saturated heterocycles. The van der Waals surface area contributed by atoms with Crippen molar-refractivity contribution >= 4 is 28.9 Å². The van der Waals surface area contributed by atoms with E-state index in [0.717, 1.165) is 25.1 Å². The lowest BCUT2D eigenvalue weighted by molar-refractivity contribution is 0.308. The molecule has 4 heteroatoms. The summed E-state index contributed by atoms with van der Waals surface area (Å²) < 4.78 is 5.64. The molecule has 112 valence electrons. The predicted molar refractivity (Wildman–Crippen MR) is 90.9 cm³/mol. The second-order valence-corrected chi connectivity index (χ2v) is 5.77. The summed E-state index contributed by atoms with van der Waals surface area (Å²) in [6.45, 7) is 3.67. The molecule has 1 N–H and O–H groups in total. The Bertz CT molecular complexity index is 570. The fourth-order valence-electron chi connectivity index (χ4n) is 1.91. The van der Waals surface area contributed by atoms with Gasteiger partial charge in [-0.05, 0) is 50.1 Å². The molecular weight excluding hydrogens is 305 g/mol. The Morgan fingerprint density at radius 3 is 2.48 bits per heavy atom. The minimum absolute atomic E-state index is 0.556. The summed E-state index contributed by atoms with van der Waals surface area (Å²) in [6, 6.07) is 13.7.